The van der Waals surface area contributed by atoms with Gasteiger partial charge in [-0.15, -0.1) is 11.3 Å². The van der Waals surface area contributed by atoms with Crippen molar-refractivity contribution in [2.24, 2.45) is 0 Å². The Bertz CT molecular complexity index is 1160. The molecular weight excluding hydrogens is 360 g/mol. The number of non-ortho nitro benzene ring substituents is 1. The maximum absolute atomic E-state index is 11.1. The van der Waals surface area contributed by atoms with Crippen LogP contribution in [0.15, 0.2) is 54.9 Å². The normalized spacial score (nSPS) is 10.9. The predicted octanol–water partition coefficient (Wildman–Crippen LogP) is 5.63. The quantitative estimate of drug-likeness (QED) is 0.369. The zero-order valence-electron chi connectivity index (χ0n) is 14.8. The van der Waals surface area contributed by atoms with E-state index in [1.54, 1.807) is 17.4 Å². The summed E-state index contributed by atoms with van der Waals surface area (Å²) >= 11 is 1.61. The van der Waals surface area contributed by atoms with E-state index in [0.29, 0.717) is 11.5 Å². The molecule has 0 saturated heterocycles. The Hall–Kier alpha value is -3.32. The van der Waals surface area contributed by atoms with Crippen LogP contribution in [0.4, 0.5) is 17.2 Å². The molecule has 2 aromatic heterocycles. The summed E-state index contributed by atoms with van der Waals surface area (Å²) in [5.41, 5.74) is 3.78. The average molecular weight is 376 g/mol. The SMILES string of the molecule is Cc1ccc([N+](=O)[O-])cc1Nc1ncnc2sc(C)c(-c3ccccc3)c12. The number of benzene rings is 2. The fourth-order valence-corrected chi connectivity index (χ4v) is 4.09. The van der Waals surface area contributed by atoms with Crippen LogP contribution >= 0.6 is 11.3 Å². The lowest BCUT2D eigenvalue weighted by Gasteiger charge is -2.11. The maximum Gasteiger partial charge on any atom is 0.271 e. The molecular formula is C20H16N4O2S. The van der Waals surface area contributed by atoms with Crippen molar-refractivity contribution >= 4 is 38.7 Å². The van der Waals surface area contributed by atoms with E-state index in [-0.39, 0.29) is 5.69 Å². The first-order valence-corrected chi connectivity index (χ1v) is 9.18. The Morgan fingerprint density at radius 1 is 1.07 bits per heavy atom. The minimum absolute atomic E-state index is 0.0400. The van der Waals surface area contributed by atoms with Crippen molar-refractivity contribution in [3.63, 3.8) is 0 Å². The Morgan fingerprint density at radius 3 is 2.59 bits per heavy atom. The number of anilines is 2. The lowest BCUT2D eigenvalue weighted by Crippen LogP contribution is -1.99. The molecule has 4 rings (SSSR count). The number of fused-ring (bicyclic) bond motifs is 1. The highest BCUT2D eigenvalue weighted by Gasteiger charge is 2.18. The van der Waals surface area contributed by atoms with Crippen LogP contribution in [0, 0.1) is 24.0 Å². The minimum atomic E-state index is -0.398. The van der Waals surface area contributed by atoms with Crippen LogP contribution in [-0.2, 0) is 0 Å². The number of nitro groups is 1. The summed E-state index contributed by atoms with van der Waals surface area (Å²) in [6.45, 7) is 3.97. The average Bonchev–Trinajstić information content (AvgIpc) is 3.01. The van der Waals surface area contributed by atoms with Crippen molar-refractivity contribution in [3.05, 3.63) is 75.4 Å². The van der Waals surface area contributed by atoms with Crippen LogP contribution in [0.5, 0.6) is 0 Å². The molecule has 0 aliphatic heterocycles. The molecule has 0 fully saturated rings. The number of aromatic nitrogens is 2. The first-order chi connectivity index (χ1) is 13.0. The van der Waals surface area contributed by atoms with Gasteiger partial charge in [0.15, 0.2) is 0 Å². The highest BCUT2D eigenvalue weighted by molar-refractivity contribution is 7.19. The monoisotopic (exact) mass is 376 g/mol. The molecule has 4 aromatic rings. The number of hydrogen-bond acceptors (Lipinski definition) is 6. The molecule has 0 aliphatic rings. The summed E-state index contributed by atoms with van der Waals surface area (Å²) in [6.07, 6.45) is 1.52. The number of nitrogens with zero attached hydrogens (tertiary/aromatic N) is 3. The van der Waals surface area contributed by atoms with E-state index in [0.717, 1.165) is 31.8 Å². The molecule has 0 saturated carbocycles. The third-order valence-corrected chi connectivity index (χ3v) is 5.43. The van der Waals surface area contributed by atoms with Gasteiger partial charge in [-0.1, -0.05) is 36.4 Å². The predicted molar refractivity (Wildman–Crippen MR) is 109 cm³/mol. The van der Waals surface area contributed by atoms with Gasteiger partial charge >= 0.3 is 0 Å². The molecule has 0 bridgehead atoms. The van der Waals surface area contributed by atoms with E-state index in [4.69, 9.17) is 0 Å². The Balaban J connectivity index is 1.89. The largest absolute Gasteiger partial charge is 0.339 e. The van der Waals surface area contributed by atoms with Gasteiger partial charge in [0.05, 0.1) is 10.3 Å². The minimum Gasteiger partial charge on any atom is -0.339 e. The van der Waals surface area contributed by atoms with Crippen LogP contribution in [0.25, 0.3) is 21.3 Å². The third-order valence-electron chi connectivity index (χ3n) is 4.41. The summed E-state index contributed by atoms with van der Waals surface area (Å²) in [5.74, 6) is 0.645. The van der Waals surface area contributed by atoms with E-state index >= 15 is 0 Å². The lowest BCUT2D eigenvalue weighted by atomic mass is 10.0. The second kappa shape index (κ2) is 6.77. The Labute approximate surface area is 159 Å². The highest BCUT2D eigenvalue weighted by atomic mass is 32.1. The number of rotatable bonds is 4. The smallest absolute Gasteiger partial charge is 0.271 e. The van der Waals surface area contributed by atoms with Gasteiger partial charge in [-0.3, -0.25) is 10.1 Å². The summed E-state index contributed by atoms with van der Waals surface area (Å²) in [4.78, 5) is 21.6. The van der Waals surface area contributed by atoms with Crippen molar-refractivity contribution in [2.45, 2.75) is 13.8 Å². The van der Waals surface area contributed by atoms with Crippen molar-refractivity contribution in [2.75, 3.05) is 5.32 Å². The first kappa shape index (κ1) is 17.1. The van der Waals surface area contributed by atoms with E-state index in [9.17, 15) is 10.1 Å². The van der Waals surface area contributed by atoms with Crippen LogP contribution in [0.2, 0.25) is 0 Å². The topological polar surface area (TPSA) is 81.0 Å². The molecule has 134 valence electrons. The molecule has 7 heteroatoms. The highest BCUT2D eigenvalue weighted by Crippen LogP contribution is 2.41. The molecule has 1 N–H and O–H groups in total. The number of aryl methyl sites for hydroxylation is 2. The molecule has 27 heavy (non-hydrogen) atoms. The van der Waals surface area contributed by atoms with E-state index in [2.05, 4.69) is 34.3 Å². The van der Waals surface area contributed by atoms with E-state index in [1.165, 1.54) is 18.5 Å². The summed E-state index contributed by atoms with van der Waals surface area (Å²) in [5, 5.41) is 15.3. The van der Waals surface area contributed by atoms with Gasteiger partial charge < -0.3 is 5.32 Å². The molecule has 2 heterocycles. The second-order valence-corrected chi connectivity index (χ2v) is 7.39. The number of hydrogen-bond donors (Lipinski definition) is 1. The number of nitrogens with one attached hydrogen (secondary N) is 1. The Morgan fingerprint density at radius 2 is 1.85 bits per heavy atom. The summed E-state index contributed by atoms with van der Waals surface area (Å²) in [7, 11) is 0. The molecule has 0 spiro atoms. The molecule has 0 unspecified atom stereocenters. The third kappa shape index (κ3) is 3.13. The maximum atomic E-state index is 11.1. The fraction of sp³-hybridized carbons (Fsp3) is 0.100. The lowest BCUT2D eigenvalue weighted by molar-refractivity contribution is -0.384. The van der Waals surface area contributed by atoms with Gasteiger partial charge in [0.25, 0.3) is 5.69 Å². The molecule has 0 amide bonds. The van der Waals surface area contributed by atoms with E-state index in [1.807, 2.05) is 25.1 Å². The summed E-state index contributed by atoms with van der Waals surface area (Å²) < 4.78 is 0. The van der Waals surface area contributed by atoms with Gasteiger partial charge in [-0.25, -0.2) is 9.97 Å². The fourth-order valence-electron chi connectivity index (χ4n) is 3.08. The van der Waals surface area contributed by atoms with Crippen molar-refractivity contribution in [3.8, 4) is 11.1 Å². The number of thiophene rings is 1. The first-order valence-electron chi connectivity index (χ1n) is 8.36. The van der Waals surface area contributed by atoms with Crippen LogP contribution in [-0.4, -0.2) is 14.9 Å². The van der Waals surface area contributed by atoms with Gasteiger partial charge in [-0.2, -0.15) is 0 Å². The summed E-state index contributed by atoms with van der Waals surface area (Å²) in [6, 6.07) is 14.9. The van der Waals surface area contributed by atoms with Gasteiger partial charge in [-0.05, 0) is 25.0 Å². The zero-order valence-corrected chi connectivity index (χ0v) is 15.6. The van der Waals surface area contributed by atoms with Crippen molar-refractivity contribution < 1.29 is 4.92 Å². The molecule has 2 aromatic carbocycles. The van der Waals surface area contributed by atoms with Gasteiger partial charge in [0.2, 0.25) is 0 Å². The van der Waals surface area contributed by atoms with Crippen LogP contribution in [0.3, 0.4) is 0 Å². The Kier molecular flexibility index (Phi) is 4.29. The van der Waals surface area contributed by atoms with Gasteiger partial charge in [0, 0.05) is 28.3 Å². The van der Waals surface area contributed by atoms with Crippen LogP contribution in [0.1, 0.15) is 10.4 Å². The van der Waals surface area contributed by atoms with Crippen molar-refractivity contribution in [1.82, 2.24) is 9.97 Å². The zero-order chi connectivity index (χ0) is 19.0. The molecule has 0 atom stereocenters. The molecule has 0 aliphatic carbocycles. The number of nitro benzene ring substituents is 1. The van der Waals surface area contributed by atoms with Crippen molar-refractivity contribution in [1.29, 1.82) is 0 Å². The standard InChI is InChI=1S/C20H16N4O2S/c1-12-8-9-15(24(25)26)10-16(12)23-19-18-17(14-6-4-3-5-7-14)13(2)27-20(18)22-11-21-19/h3-11H,1-2H3,(H,21,22,23). The second-order valence-electron chi connectivity index (χ2n) is 6.18. The molecule has 6 nitrogen and oxygen atoms in total. The van der Waals surface area contributed by atoms with E-state index < -0.39 is 4.92 Å². The van der Waals surface area contributed by atoms with Crippen LogP contribution < -0.4 is 5.32 Å². The van der Waals surface area contributed by atoms with Gasteiger partial charge in [0.1, 0.15) is 17.0 Å². The molecule has 0 radical (unpaired) electrons.